The second kappa shape index (κ2) is 10.7. The smallest absolute Gasteiger partial charge is 0.191 e. The molecule has 0 heterocycles. The quantitative estimate of drug-likeness (QED) is 0.481. The first-order valence-electron chi connectivity index (χ1n) is 9.37. The van der Waals surface area contributed by atoms with Gasteiger partial charge in [0.15, 0.2) is 5.96 Å². The molecule has 0 bridgehead atoms. The minimum absolute atomic E-state index is 0.247. The van der Waals surface area contributed by atoms with Gasteiger partial charge < -0.3 is 15.7 Å². The number of hydrogen-bond donors (Lipinski definition) is 3. The Morgan fingerprint density at radius 3 is 2.56 bits per heavy atom. The van der Waals surface area contributed by atoms with Gasteiger partial charge in [0, 0.05) is 19.7 Å². The summed E-state index contributed by atoms with van der Waals surface area (Å²) in [6.07, 6.45) is 3.10. The van der Waals surface area contributed by atoms with Crippen LogP contribution in [0.4, 0.5) is 0 Å². The van der Waals surface area contributed by atoms with Gasteiger partial charge in [0.25, 0.3) is 0 Å². The van der Waals surface area contributed by atoms with E-state index in [1.54, 1.807) is 0 Å². The van der Waals surface area contributed by atoms with Crippen molar-refractivity contribution < 1.29 is 5.11 Å². The van der Waals surface area contributed by atoms with Crippen molar-refractivity contribution in [3.63, 3.8) is 0 Å². The standard InChI is InChI=1S/C21H31N3O/c1-3-7-17(12-13-25)15-23-21(22-4-2)24-16-18-10-11-19-8-5-6-9-20(19)14-18/h5-6,8-11,14,17,25H,3-4,7,12-13,15-16H2,1-2H3,(H2,22,23,24). The van der Waals surface area contributed by atoms with Crippen LogP contribution in [0, 0.1) is 5.92 Å². The minimum atomic E-state index is 0.247. The molecule has 4 nitrogen and oxygen atoms in total. The molecule has 0 aliphatic heterocycles. The van der Waals surface area contributed by atoms with E-state index >= 15 is 0 Å². The third-order valence-electron chi connectivity index (χ3n) is 4.37. The number of benzene rings is 2. The molecule has 25 heavy (non-hydrogen) atoms. The van der Waals surface area contributed by atoms with E-state index in [1.807, 2.05) is 0 Å². The average molecular weight is 341 g/mol. The topological polar surface area (TPSA) is 56.6 Å². The molecule has 0 radical (unpaired) electrons. The maximum atomic E-state index is 9.20. The number of aliphatic hydroxyl groups is 1. The number of aliphatic hydroxyl groups excluding tert-OH is 1. The summed E-state index contributed by atoms with van der Waals surface area (Å²) in [7, 11) is 0. The lowest BCUT2D eigenvalue weighted by molar-refractivity contribution is 0.251. The molecule has 3 N–H and O–H groups in total. The molecule has 0 saturated carbocycles. The van der Waals surface area contributed by atoms with Gasteiger partial charge in [-0.25, -0.2) is 4.99 Å². The normalized spacial score (nSPS) is 13.0. The summed E-state index contributed by atoms with van der Waals surface area (Å²) in [6, 6.07) is 14.9. The molecule has 0 aliphatic carbocycles. The van der Waals surface area contributed by atoms with Gasteiger partial charge in [0.1, 0.15) is 0 Å². The molecular formula is C21H31N3O. The molecule has 2 rings (SSSR count). The highest BCUT2D eigenvalue weighted by Gasteiger charge is 2.08. The van der Waals surface area contributed by atoms with Crippen LogP contribution in [-0.2, 0) is 6.54 Å². The SMILES string of the molecule is CCCC(CCO)CNC(=NCc1ccc2ccccc2c1)NCC. The number of rotatable bonds is 9. The molecule has 1 unspecified atom stereocenters. The molecule has 0 aliphatic rings. The zero-order valence-corrected chi connectivity index (χ0v) is 15.5. The fourth-order valence-corrected chi connectivity index (χ4v) is 3.03. The van der Waals surface area contributed by atoms with Crippen LogP contribution in [0.3, 0.4) is 0 Å². The number of aliphatic imine (C=N–C) groups is 1. The Hall–Kier alpha value is -2.07. The zero-order chi connectivity index (χ0) is 17.9. The van der Waals surface area contributed by atoms with Crippen molar-refractivity contribution >= 4 is 16.7 Å². The first-order valence-corrected chi connectivity index (χ1v) is 9.37. The van der Waals surface area contributed by atoms with Gasteiger partial charge in [0.05, 0.1) is 6.54 Å². The Kier molecular flexibility index (Phi) is 8.26. The number of guanidine groups is 1. The predicted molar refractivity (Wildman–Crippen MR) is 107 cm³/mol. The number of fused-ring (bicyclic) bond motifs is 1. The molecule has 0 amide bonds. The average Bonchev–Trinajstić information content (AvgIpc) is 2.64. The fourth-order valence-electron chi connectivity index (χ4n) is 3.03. The van der Waals surface area contributed by atoms with Gasteiger partial charge in [-0.05, 0) is 48.1 Å². The van der Waals surface area contributed by atoms with Crippen molar-refractivity contribution in [3.05, 3.63) is 48.0 Å². The summed E-state index contributed by atoms with van der Waals surface area (Å²) in [5.41, 5.74) is 1.20. The summed E-state index contributed by atoms with van der Waals surface area (Å²) >= 11 is 0. The molecule has 0 saturated heterocycles. The van der Waals surface area contributed by atoms with Crippen molar-refractivity contribution in [1.82, 2.24) is 10.6 Å². The van der Waals surface area contributed by atoms with Crippen molar-refractivity contribution in [2.24, 2.45) is 10.9 Å². The summed E-state index contributed by atoms with van der Waals surface area (Å²) in [5, 5.41) is 18.4. The van der Waals surface area contributed by atoms with Gasteiger partial charge in [-0.1, -0.05) is 49.7 Å². The monoisotopic (exact) mass is 341 g/mol. The van der Waals surface area contributed by atoms with E-state index < -0.39 is 0 Å². The Labute approximate surface area is 151 Å². The van der Waals surface area contributed by atoms with Crippen molar-refractivity contribution in [2.75, 3.05) is 19.7 Å². The Morgan fingerprint density at radius 2 is 1.84 bits per heavy atom. The van der Waals surface area contributed by atoms with Crippen LogP contribution in [0.1, 0.15) is 38.7 Å². The van der Waals surface area contributed by atoms with Crippen LogP contribution in [-0.4, -0.2) is 30.8 Å². The fraction of sp³-hybridized carbons (Fsp3) is 0.476. The van der Waals surface area contributed by atoms with Gasteiger partial charge in [-0.2, -0.15) is 0 Å². The van der Waals surface area contributed by atoms with E-state index in [0.717, 1.165) is 38.3 Å². The van der Waals surface area contributed by atoms with Crippen LogP contribution < -0.4 is 10.6 Å². The van der Waals surface area contributed by atoms with E-state index in [9.17, 15) is 5.11 Å². The largest absolute Gasteiger partial charge is 0.396 e. The molecule has 4 heteroatoms. The van der Waals surface area contributed by atoms with Crippen LogP contribution in [0.2, 0.25) is 0 Å². The second-order valence-electron chi connectivity index (χ2n) is 6.42. The molecule has 0 spiro atoms. The van der Waals surface area contributed by atoms with Gasteiger partial charge in [-0.15, -0.1) is 0 Å². The summed E-state index contributed by atoms with van der Waals surface area (Å²) in [6.45, 7) is 6.84. The van der Waals surface area contributed by atoms with Gasteiger partial charge >= 0.3 is 0 Å². The van der Waals surface area contributed by atoms with Crippen molar-refractivity contribution in [3.8, 4) is 0 Å². The first-order chi connectivity index (χ1) is 12.3. The van der Waals surface area contributed by atoms with Gasteiger partial charge in [-0.3, -0.25) is 0 Å². The Morgan fingerprint density at radius 1 is 1.04 bits per heavy atom. The van der Waals surface area contributed by atoms with E-state index in [4.69, 9.17) is 4.99 Å². The van der Waals surface area contributed by atoms with Crippen molar-refractivity contribution in [1.29, 1.82) is 0 Å². The highest BCUT2D eigenvalue weighted by molar-refractivity contribution is 5.83. The Balaban J connectivity index is 1.99. The maximum absolute atomic E-state index is 9.20. The molecule has 136 valence electrons. The molecule has 0 fully saturated rings. The van der Waals surface area contributed by atoms with E-state index in [-0.39, 0.29) is 6.61 Å². The molecule has 1 atom stereocenters. The summed E-state index contributed by atoms with van der Waals surface area (Å²) < 4.78 is 0. The van der Waals surface area contributed by atoms with E-state index in [1.165, 1.54) is 16.3 Å². The van der Waals surface area contributed by atoms with E-state index in [2.05, 4.69) is 66.9 Å². The summed E-state index contributed by atoms with van der Waals surface area (Å²) in [4.78, 5) is 4.71. The lowest BCUT2D eigenvalue weighted by Crippen LogP contribution is -2.40. The molecule has 2 aromatic carbocycles. The second-order valence-corrected chi connectivity index (χ2v) is 6.42. The maximum Gasteiger partial charge on any atom is 0.191 e. The molecule has 2 aromatic rings. The minimum Gasteiger partial charge on any atom is -0.396 e. The predicted octanol–water partition coefficient (Wildman–Crippen LogP) is 3.69. The third-order valence-corrected chi connectivity index (χ3v) is 4.37. The zero-order valence-electron chi connectivity index (χ0n) is 15.5. The number of hydrogen-bond acceptors (Lipinski definition) is 2. The summed E-state index contributed by atoms with van der Waals surface area (Å²) in [5.74, 6) is 1.33. The highest BCUT2D eigenvalue weighted by atomic mass is 16.3. The third kappa shape index (κ3) is 6.39. The lowest BCUT2D eigenvalue weighted by atomic mass is 10.0. The number of nitrogens with zero attached hydrogens (tertiary/aromatic N) is 1. The van der Waals surface area contributed by atoms with E-state index in [0.29, 0.717) is 12.5 Å². The first kappa shape index (κ1) is 19.3. The van der Waals surface area contributed by atoms with Crippen molar-refractivity contribution in [2.45, 2.75) is 39.7 Å². The van der Waals surface area contributed by atoms with Crippen LogP contribution in [0.5, 0.6) is 0 Å². The molecular weight excluding hydrogens is 310 g/mol. The van der Waals surface area contributed by atoms with Crippen LogP contribution in [0.25, 0.3) is 10.8 Å². The number of nitrogens with one attached hydrogen (secondary N) is 2. The molecule has 0 aromatic heterocycles. The lowest BCUT2D eigenvalue weighted by Gasteiger charge is -2.18. The van der Waals surface area contributed by atoms with Gasteiger partial charge in [0.2, 0.25) is 0 Å². The highest BCUT2D eigenvalue weighted by Crippen LogP contribution is 2.16. The van der Waals surface area contributed by atoms with Crippen LogP contribution >= 0.6 is 0 Å². The Bertz CT molecular complexity index is 663. The van der Waals surface area contributed by atoms with Crippen LogP contribution in [0.15, 0.2) is 47.5 Å².